The van der Waals surface area contributed by atoms with Crippen molar-refractivity contribution in [1.29, 1.82) is 0 Å². The van der Waals surface area contributed by atoms with Crippen LogP contribution < -0.4 is 10.2 Å². The lowest BCUT2D eigenvalue weighted by molar-refractivity contribution is -0.116. The Labute approximate surface area is 120 Å². The topological polar surface area (TPSA) is 71.3 Å². The Morgan fingerprint density at radius 1 is 1.35 bits per heavy atom. The lowest BCUT2D eigenvalue weighted by Crippen LogP contribution is -2.25. The number of aryl methyl sites for hydroxylation is 1. The summed E-state index contributed by atoms with van der Waals surface area (Å²) in [6.07, 6.45) is 0.595. The highest BCUT2D eigenvalue weighted by Gasteiger charge is 2.08. The Morgan fingerprint density at radius 3 is 2.60 bits per heavy atom. The van der Waals surface area contributed by atoms with Gasteiger partial charge < -0.3 is 10.4 Å². The summed E-state index contributed by atoms with van der Waals surface area (Å²) in [6.45, 7) is 1.92. The van der Waals surface area contributed by atoms with Crippen molar-refractivity contribution >= 4 is 22.9 Å². The summed E-state index contributed by atoms with van der Waals surface area (Å²) < 4.78 is 1.44. The SMILES string of the molecule is Cc1csc(=O)n1CC(=O)Nc1ccc(CCO)cc1. The van der Waals surface area contributed by atoms with Gasteiger partial charge in [-0.05, 0) is 31.0 Å². The molecule has 20 heavy (non-hydrogen) atoms. The molecule has 0 aliphatic heterocycles. The standard InChI is InChI=1S/C14H16N2O3S/c1-10-9-20-14(19)16(10)8-13(18)15-12-4-2-11(3-5-12)6-7-17/h2-5,9,17H,6-8H2,1H3,(H,15,18). The maximum absolute atomic E-state index is 11.9. The fourth-order valence-corrected chi connectivity index (χ4v) is 2.56. The second-order valence-corrected chi connectivity index (χ2v) is 5.27. The lowest BCUT2D eigenvalue weighted by atomic mass is 10.1. The number of aliphatic hydroxyl groups excluding tert-OH is 1. The number of carbonyl (C=O) groups is 1. The van der Waals surface area contributed by atoms with Crippen molar-refractivity contribution in [3.05, 3.63) is 50.6 Å². The summed E-state index contributed by atoms with van der Waals surface area (Å²) in [5, 5.41) is 13.3. The molecular formula is C14H16N2O3S. The Morgan fingerprint density at radius 2 is 2.05 bits per heavy atom. The van der Waals surface area contributed by atoms with Crippen molar-refractivity contribution in [2.24, 2.45) is 0 Å². The van der Waals surface area contributed by atoms with Crippen molar-refractivity contribution in [2.45, 2.75) is 19.9 Å². The smallest absolute Gasteiger partial charge is 0.307 e. The third kappa shape index (κ3) is 3.55. The number of amides is 1. The minimum absolute atomic E-state index is 0.0204. The number of rotatable bonds is 5. The van der Waals surface area contributed by atoms with Crippen LogP contribution in [-0.2, 0) is 17.8 Å². The Kier molecular flexibility index (Phi) is 4.70. The molecule has 1 aromatic heterocycles. The molecule has 6 heteroatoms. The summed E-state index contributed by atoms with van der Waals surface area (Å²) in [6, 6.07) is 7.28. The van der Waals surface area contributed by atoms with Gasteiger partial charge in [-0.1, -0.05) is 23.5 Å². The molecule has 2 rings (SSSR count). The Balaban J connectivity index is 1.99. The number of nitrogens with zero attached hydrogens (tertiary/aromatic N) is 1. The molecule has 2 aromatic rings. The fourth-order valence-electron chi connectivity index (χ4n) is 1.82. The molecule has 0 spiro atoms. The van der Waals surface area contributed by atoms with Crippen molar-refractivity contribution in [1.82, 2.24) is 4.57 Å². The number of hydrogen-bond donors (Lipinski definition) is 2. The van der Waals surface area contributed by atoms with Crippen molar-refractivity contribution in [2.75, 3.05) is 11.9 Å². The number of nitrogens with one attached hydrogen (secondary N) is 1. The zero-order chi connectivity index (χ0) is 14.5. The average Bonchev–Trinajstić information content (AvgIpc) is 2.73. The molecule has 1 aromatic carbocycles. The number of aromatic nitrogens is 1. The van der Waals surface area contributed by atoms with E-state index in [2.05, 4.69) is 5.32 Å². The van der Waals surface area contributed by atoms with Crippen LogP contribution in [0.5, 0.6) is 0 Å². The maximum atomic E-state index is 11.9. The summed E-state index contributed by atoms with van der Waals surface area (Å²) in [5.41, 5.74) is 2.47. The second kappa shape index (κ2) is 6.49. The largest absolute Gasteiger partial charge is 0.396 e. The highest BCUT2D eigenvalue weighted by Crippen LogP contribution is 2.10. The summed E-state index contributed by atoms with van der Waals surface area (Å²) in [4.78, 5) is 23.3. The lowest BCUT2D eigenvalue weighted by Gasteiger charge is -2.07. The monoisotopic (exact) mass is 292 g/mol. The molecule has 2 N–H and O–H groups in total. The molecular weight excluding hydrogens is 276 g/mol. The summed E-state index contributed by atoms with van der Waals surface area (Å²) in [5.74, 6) is -0.233. The van der Waals surface area contributed by atoms with Gasteiger partial charge in [-0.2, -0.15) is 0 Å². The van der Waals surface area contributed by atoms with Crippen molar-refractivity contribution in [3.63, 3.8) is 0 Å². The number of benzene rings is 1. The second-order valence-electron chi connectivity index (χ2n) is 4.45. The molecule has 0 radical (unpaired) electrons. The summed E-state index contributed by atoms with van der Waals surface area (Å²) >= 11 is 1.09. The molecule has 1 amide bonds. The van der Waals surface area contributed by atoms with Gasteiger partial charge in [0.15, 0.2) is 0 Å². The number of hydrogen-bond acceptors (Lipinski definition) is 4. The Hall–Kier alpha value is -1.92. The molecule has 0 bridgehead atoms. The zero-order valence-electron chi connectivity index (χ0n) is 11.1. The molecule has 0 unspecified atom stereocenters. The average molecular weight is 292 g/mol. The van der Waals surface area contributed by atoms with E-state index in [4.69, 9.17) is 5.11 Å². The van der Waals surface area contributed by atoms with Crippen molar-refractivity contribution in [3.8, 4) is 0 Å². The van der Waals surface area contributed by atoms with Crippen LogP contribution in [0.4, 0.5) is 5.69 Å². The van der Waals surface area contributed by atoms with Crippen LogP contribution in [0.25, 0.3) is 0 Å². The van der Waals surface area contributed by atoms with Gasteiger partial charge in [-0.3, -0.25) is 14.2 Å². The Bertz CT molecular complexity index is 643. The zero-order valence-corrected chi connectivity index (χ0v) is 11.9. The van der Waals surface area contributed by atoms with Crippen LogP contribution in [0.2, 0.25) is 0 Å². The first-order chi connectivity index (χ1) is 9.60. The molecule has 0 fully saturated rings. The first-order valence-corrected chi connectivity index (χ1v) is 7.12. The van der Waals surface area contributed by atoms with Gasteiger partial charge in [-0.25, -0.2) is 0 Å². The van der Waals surface area contributed by atoms with Gasteiger partial charge in [0, 0.05) is 23.4 Å². The number of aliphatic hydroxyl groups is 1. The van der Waals surface area contributed by atoms with E-state index in [9.17, 15) is 9.59 Å². The van der Waals surface area contributed by atoms with E-state index in [1.165, 1.54) is 4.57 Å². The number of carbonyl (C=O) groups excluding carboxylic acids is 1. The van der Waals surface area contributed by atoms with Crippen LogP contribution >= 0.6 is 11.3 Å². The molecule has 0 aliphatic rings. The quantitative estimate of drug-likeness (QED) is 0.875. The molecule has 0 atom stereocenters. The van der Waals surface area contributed by atoms with Crippen molar-refractivity contribution < 1.29 is 9.90 Å². The van der Waals surface area contributed by atoms with Gasteiger partial charge in [0.25, 0.3) is 0 Å². The fraction of sp³-hybridized carbons (Fsp3) is 0.286. The van der Waals surface area contributed by atoms with Gasteiger partial charge in [0.2, 0.25) is 5.91 Å². The molecule has 0 saturated heterocycles. The van der Waals surface area contributed by atoms with Gasteiger partial charge >= 0.3 is 4.87 Å². The van der Waals surface area contributed by atoms with E-state index in [0.717, 1.165) is 22.6 Å². The minimum Gasteiger partial charge on any atom is -0.396 e. The van der Waals surface area contributed by atoms with E-state index in [1.807, 2.05) is 12.1 Å². The highest BCUT2D eigenvalue weighted by atomic mass is 32.1. The minimum atomic E-state index is -0.233. The van der Waals surface area contributed by atoms with E-state index in [0.29, 0.717) is 12.1 Å². The maximum Gasteiger partial charge on any atom is 0.307 e. The van der Waals surface area contributed by atoms with Crippen LogP contribution in [0.1, 0.15) is 11.3 Å². The molecule has 1 heterocycles. The third-order valence-corrected chi connectivity index (χ3v) is 3.80. The normalized spacial score (nSPS) is 10.5. The van der Waals surface area contributed by atoms with E-state index in [1.54, 1.807) is 24.4 Å². The van der Waals surface area contributed by atoms with Crippen LogP contribution in [0, 0.1) is 6.92 Å². The van der Waals surface area contributed by atoms with Crippen LogP contribution in [0.15, 0.2) is 34.4 Å². The van der Waals surface area contributed by atoms with Crippen LogP contribution in [0.3, 0.4) is 0 Å². The van der Waals surface area contributed by atoms with E-state index < -0.39 is 0 Å². The summed E-state index contributed by atoms with van der Waals surface area (Å²) in [7, 11) is 0. The molecule has 0 aliphatic carbocycles. The van der Waals surface area contributed by atoms with E-state index in [-0.39, 0.29) is 23.9 Å². The molecule has 5 nitrogen and oxygen atoms in total. The molecule has 0 saturated carbocycles. The van der Waals surface area contributed by atoms with Gasteiger partial charge in [-0.15, -0.1) is 0 Å². The van der Waals surface area contributed by atoms with Crippen LogP contribution in [-0.4, -0.2) is 22.2 Å². The third-order valence-electron chi connectivity index (χ3n) is 2.92. The van der Waals surface area contributed by atoms with Gasteiger partial charge in [0.1, 0.15) is 6.54 Å². The van der Waals surface area contributed by atoms with Gasteiger partial charge in [0.05, 0.1) is 0 Å². The first-order valence-electron chi connectivity index (χ1n) is 6.24. The predicted octanol–water partition coefficient (Wildman–Crippen LogP) is 1.39. The number of anilines is 1. The number of thiazole rings is 1. The molecule has 106 valence electrons. The van der Waals surface area contributed by atoms with E-state index >= 15 is 0 Å². The first kappa shape index (κ1) is 14.5. The highest BCUT2D eigenvalue weighted by molar-refractivity contribution is 7.07. The predicted molar refractivity (Wildman–Crippen MR) is 79.2 cm³/mol.